The minimum absolute atomic E-state index is 1.01. The first-order valence-electron chi connectivity index (χ1n) is 6.21. The van der Waals surface area contributed by atoms with Gasteiger partial charge in [0, 0.05) is 30.4 Å². The molecule has 0 bridgehead atoms. The van der Waals surface area contributed by atoms with Crippen LogP contribution in [0.5, 0.6) is 0 Å². The molecule has 0 unspecified atom stereocenters. The monoisotopic (exact) mass is 261 g/mol. The lowest BCUT2D eigenvalue weighted by molar-refractivity contribution is 0.719. The van der Waals surface area contributed by atoms with E-state index in [9.17, 15) is 0 Å². The second-order valence-electron chi connectivity index (χ2n) is 4.18. The number of hydrogen-bond donors (Lipinski definition) is 1. The quantitative estimate of drug-likeness (QED) is 0.613. The molecule has 2 rings (SSSR count). The summed E-state index contributed by atoms with van der Waals surface area (Å²) >= 11 is 1.89. The molecular weight excluding hydrogens is 242 g/mol. The maximum atomic E-state index is 4.16. The lowest BCUT2D eigenvalue weighted by Gasteiger charge is -2.03. The zero-order valence-electron chi connectivity index (χ0n) is 10.7. The van der Waals surface area contributed by atoms with Crippen LogP contribution < -0.4 is 5.32 Å². The van der Waals surface area contributed by atoms with Crippen molar-refractivity contribution in [3.05, 3.63) is 48.3 Å². The molecule has 0 saturated carbocycles. The van der Waals surface area contributed by atoms with Gasteiger partial charge in [-0.05, 0) is 30.7 Å². The lowest BCUT2D eigenvalue weighted by Crippen LogP contribution is -2.19. The highest BCUT2D eigenvalue weighted by atomic mass is 32.2. The van der Waals surface area contributed by atoms with Crippen molar-refractivity contribution in [2.45, 2.75) is 11.3 Å². The van der Waals surface area contributed by atoms with Gasteiger partial charge < -0.3 is 5.32 Å². The Hall–Kier alpha value is -1.26. The van der Waals surface area contributed by atoms with E-state index in [2.05, 4.69) is 46.9 Å². The Kier molecular flexibility index (Phi) is 5.30. The van der Waals surface area contributed by atoms with Crippen LogP contribution in [0.1, 0.15) is 5.56 Å². The Balaban J connectivity index is 1.54. The molecule has 3 nitrogen and oxygen atoms in total. The molecule has 0 atom stereocenters. The average Bonchev–Trinajstić information content (AvgIpc) is 2.81. The molecule has 1 aromatic heterocycles. The first kappa shape index (κ1) is 13.2. The van der Waals surface area contributed by atoms with E-state index in [1.54, 1.807) is 0 Å². The van der Waals surface area contributed by atoms with Crippen LogP contribution in [-0.2, 0) is 13.5 Å². The van der Waals surface area contributed by atoms with Crippen molar-refractivity contribution in [2.24, 2.45) is 7.05 Å². The third-order valence-corrected chi connectivity index (χ3v) is 3.65. The third kappa shape index (κ3) is 4.55. The largest absolute Gasteiger partial charge is 0.316 e. The lowest BCUT2D eigenvalue weighted by atomic mass is 10.2. The fourth-order valence-electron chi connectivity index (χ4n) is 1.72. The van der Waals surface area contributed by atoms with Crippen molar-refractivity contribution in [3.63, 3.8) is 0 Å². The van der Waals surface area contributed by atoms with Crippen molar-refractivity contribution in [1.29, 1.82) is 0 Å². The van der Waals surface area contributed by atoms with Crippen LogP contribution in [0, 0.1) is 0 Å². The highest BCUT2D eigenvalue weighted by Gasteiger charge is 1.96. The van der Waals surface area contributed by atoms with Crippen molar-refractivity contribution in [3.8, 4) is 0 Å². The summed E-state index contributed by atoms with van der Waals surface area (Å²) in [6.45, 7) is 2.06. The van der Waals surface area contributed by atoms with Gasteiger partial charge in [0.15, 0.2) is 0 Å². The second-order valence-corrected chi connectivity index (χ2v) is 5.35. The number of nitrogens with zero attached hydrogens (tertiary/aromatic N) is 2. The highest BCUT2D eigenvalue weighted by Crippen LogP contribution is 2.15. The summed E-state index contributed by atoms with van der Waals surface area (Å²) in [6.07, 6.45) is 5.05. The number of nitrogens with one attached hydrogen (secondary N) is 1. The summed E-state index contributed by atoms with van der Waals surface area (Å²) in [5.41, 5.74) is 1.29. The number of hydrogen-bond acceptors (Lipinski definition) is 3. The minimum atomic E-state index is 1.01. The number of aryl methyl sites for hydroxylation is 1. The molecule has 0 radical (unpaired) electrons. The molecule has 0 spiro atoms. The predicted octanol–water partition coefficient (Wildman–Crippen LogP) is 2.34. The van der Waals surface area contributed by atoms with Gasteiger partial charge in [-0.15, -0.1) is 11.8 Å². The molecule has 0 aliphatic heterocycles. The van der Waals surface area contributed by atoms with E-state index in [4.69, 9.17) is 0 Å². The van der Waals surface area contributed by atoms with Crippen molar-refractivity contribution < 1.29 is 0 Å². The Morgan fingerprint density at radius 2 is 2.06 bits per heavy atom. The Morgan fingerprint density at radius 3 is 2.78 bits per heavy atom. The summed E-state index contributed by atoms with van der Waals surface area (Å²) < 4.78 is 1.85. The molecule has 0 aliphatic rings. The van der Waals surface area contributed by atoms with Crippen molar-refractivity contribution >= 4 is 11.8 Å². The average molecular weight is 261 g/mol. The van der Waals surface area contributed by atoms with Gasteiger partial charge in [0.25, 0.3) is 0 Å². The number of thioether (sulfide) groups is 1. The molecule has 96 valence electrons. The third-order valence-electron chi connectivity index (χ3n) is 2.64. The van der Waals surface area contributed by atoms with E-state index in [0.717, 1.165) is 25.3 Å². The normalized spacial score (nSPS) is 10.7. The van der Waals surface area contributed by atoms with Gasteiger partial charge in [-0.25, -0.2) is 0 Å². The SMILES string of the molecule is Cn1cc(CCNCCSc2ccccc2)cn1. The molecule has 18 heavy (non-hydrogen) atoms. The number of aromatic nitrogens is 2. The predicted molar refractivity (Wildman–Crippen MR) is 76.9 cm³/mol. The minimum Gasteiger partial charge on any atom is -0.316 e. The van der Waals surface area contributed by atoms with Gasteiger partial charge in [0.2, 0.25) is 0 Å². The van der Waals surface area contributed by atoms with Crippen LogP contribution >= 0.6 is 11.8 Å². The molecule has 1 N–H and O–H groups in total. The highest BCUT2D eigenvalue weighted by molar-refractivity contribution is 7.99. The topological polar surface area (TPSA) is 29.9 Å². The van der Waals surface area contributed by atoms with Crippen LogP contribution in [0.4, 0.5) is 0 Å². The molecule has 0 saturated heterocycles. The summed E-state index contributed by atoms with van der Waals surface area (Å²) in [6, 6.07) is 10.5. The summed E-state index contributed by atoms with van der Waals surface area (Å²) in [5, 5.41) is 7.61. The van der Waals surface area contributed by atoms with Gasteiger partial charge in [-0.2, -0.15) is 5.10 Å². The molecule has 1 heterocycles. The zero-order valence-corrected chi connectivity index (χ0v) is 11.5. The summed E-state index contributed by atoms with van der Waals surface area (Å²) in [7, 11) is 1.95. The molecule has 4 heteroatoms. The number of rotatable bonds is 7. The van der Waals surface area contributed by atoms with Crippen LogP contribution in [0.2, 0.25) is 0 Å². The zero-order chi connectivity index (χ0) is 12.6. The van der Waals surface area contributed by atoms with E-state index >= 15 is 0 Å². The Labute approximate surface area is 113 Å². The maximum absolute atomic E-state index is 4.16. The Morgan fingerprint density at radius 1 is 1.22 bits per heavy atom. The van der Waals surface area contributed by atoms with Crippen LogP contribution in [0.15, 0.2) is 47.6 Å². The van der Waals surface area contributed by atoms with Crippen LogP contribution in [0.25, 0.3) is 0 Å². The molecule has 1 aromatic carbocycles. The van der Waals surface area contributed by atoms with Gasteiger partial charge in [0.1, 0.15) is 0 Å². The second kappa shape index (κ2) is 7.24. The fraction of sp³-hybridized carbons (Fsp3) is 0.357. The number of benzene rings is 1. The van der Waals surface area contributed by atoms with Gasteiger partial charge >= 0.3 is 0 Å². The van der Waals surface area contributed by atoms with Gasteiger partial charge in [0.05, 0.1) is 6.20 Å². The molecular formula is C14H19N3S. The van der Waals surface area contributed by atoms with Crippen molar-refractivity contribution in [1.82, 2.24) is 15.1 Å². The summed E-state index contributed by atoms with van der Waals surface area (Å²) in [4.78, 5) is 1.34. The van der Waals surface area contributed by atoms with E-state index in [1.807, 2.05) is 29.7 Å². The molecule has 0 aliphatic carbocycles. The van der Waals surface area contributed by atoms with Crippen LogP contribution in [-0.4, -0.2) is 28.6 Å². The summed E-state index contributed by atoms with van der Waals surface area (Å²) in [5.74, 6) is 1.11. The first-order chi connectivity index (χ1) is 8.84. The smallest absolute Gasteiger partial charge is 0.0522 e. The first-order valence-corrected chi connectivity index (χ1v) is 7.19. The van der Waals surface area contributed by atoms with Crippen molar-refractivity contribution in [2.75, 3.05) is 18.8 Å². The van der Waals surface area contributed by atoms with E-state index in [0.29, 0.717) is 0 Å². The maximum Gasteiger partial charge on any atom is 0.0522 e. The Bertz CT molecular complexity index is 453. The molecule has 0 amide bonds. The fourth-order valence-corrected chi connectivity index (χ4v) is 2.55. The van der Waals surface area contributed by atoms with E-state index in [1.165, 1.54) is 10.5 Å². The molecule has 0 fully saturated rings. The van der Waals surface area contributed by atoms with Gasteiger partial charge in [-0.1, -0.05) is 18.2 Å². The van der Waals surface area contributed by atoms with Crippen LogP contribution in [0.3, 0.4) is 0 Å². The van der Waals surface area contributed by atoms with E-state index in [-0.39, 0.29) is 0 Å². The standard InChI is InChI=1S/C14H19N3S/c1-17-12-13(11-16-17)7-8-15-9-10-18-14-5-3-2-4-6-14/h2-6,11-12,15H,7-10H2,1H3. The molecule has 2 aromatic rings. The van der Waals surface area contributed by atoms with E-state index < -0.39 is 0 Å². The van der Waals surface area contributed by atoms with Gasteiger partial charge in [-0.3, -0.25) is 4.68 Å².